The summed E-state index contributed by atoms with van der Waals surface area (Å²) >= 11 is 0. The molecule has 2 atom stereocenters. The van der Waals surface area contributed by atoms with Crippen LogP contribution in [0.5, 0.6) is 0 Å². The minimum Gasteiger partial charge on any atom is -0.315 e. The van der Waals surface area contributed by atoms with Gasteiger partial charge in [0.25, 0.3) is 0 Å². The molecule has 0 aromatic carbocycles. The fourth-order valence-electron chi connectivity index (χ4n) is 1.73. The van der Waals surface area contributed by atoms with E-state index in [4.69, 9.17) is 0 Å². The van der Waals surface area contributed by atoms with Gasteiger partial charge in [-0.1, -0.05) is 0 Å². The molecule has 0 amide bonds. The van der Waals surface area contributed by atoms with E-state index in [0.29, 0.717) is 0 Å². The van der Waals surface area contributed by atoms with Gasteiger partial charge in [-0.05, 0) is 25.4 Å². The predicted molar refractivity (Wildman–Crippen MR) is 32.8 cm³/mol. The average molecular weight is 112 g/mol. The SMILES string of the molecule is C1CC2CNCC2N1. The van der Waals surface area contributed by atoms with Crippen LogP contribution in [0.15, 0.2) is 0 Å². The van der Waals surface area contributed by atoms with Crippen molar-refractivity contribution in [1.29, 1.82) is 0 Å². The summed E-state index contributed by atoms with van der Waals surface area (Å²) in [5.41, 5.74) is 0. The molecule has 0 spiro atoms. The van der Waals surface area contributed by atoms with Crippen molar-refractivity contribution in [2.75, 3.05) is 19.6 Å². The van der Waals surface area contributed by atoms with Gasteiger partial charge in [0.1, 0.15) is 0 Å². The summed E-state index contributed by atoms with van der Waals surface area (Å²) in [5, 5.41) is 6.82. The second-order valence-corrected chi connectivity index (χ2v) is 2.77. The molecule has 2 saturated heterocycles. The highest BCUT2D eigenvalue weighted by molar-refractivity contribution is 4.91. The Morgan fingerprint density at radius 1 is 1.25 bits per heavy atom. The predicted octanol–water partition coefficient (Wildman–Crippen LogP) is -0.432. The maximum absolute atomic E-state index is 3.46. The van der Waals surface area contributed by atoms with Gasteiger partial charge in [0, 0.05) is 12.6 Å². The summed E-state index contributed by atoms with van der Waals surface area (Å²) in [7, 11) is 0. The van der Waals surface area contributed by atoms with Crippen molar-refractivity contribution in [2.45, 2.75) is 12.5 Å². The molecule has 0 aromatic heterocycles. The van der Waals surface area contributed by atoms with Crippen LogP contribution >= 0.6 is 0 Å². The summed E-state index contributed by atoms with van der Waals surface area (Å²) in [6, 6.07) is 0.815. The van der Waals surface area contributed by atoms with Gasteiger partial charge in [0.2, 0.25) is 0 Å². The summed E-state index contributed by atoms with van der Waals surface area (Å²) < 4.78 is 0. The van der Waals surface area contributed by atoms with Crippen LogP contribution in [-0.4, -0.2) is 25.7 Å². The van der Waals surface area contributed by atoms with Crippen LogP contribution in [0.2, 0.25) is 0 Å². The molecule has 46 valence electrons. The third-order valence-electron chi connectivity index (χ3n) is 2.26. The van der Waals surface area contributed by atoms with E-state index < -0.39 is 0 Å². The van der Waals surface area contributed by atoms with Crippen LogP contribution in [-0.2, 0) is 0 Å². The van der Waals surface area contributed by atoms with E-state index in [2.05, 4.69) is 10.6 Å². The standard InChI is InChI=1S/C6H12N2/c1-2-8-6-4-7-3-5(1)6/h5-8H,1-4H2. The Bertz CT molecular complexity index is 72.5. The van der Waals surface area contributed by atoms with Crippen molar-refractivity contribution >= 4 is 0 Å². The van der Waals surface area contributed by atoms with Crippen LogP contribution in [0.4, 0.5) is 0 Å². The molecule has 2 rings (SSSR count). The van der Waals surface area contributed by atoms with Gasteiger partial charge < -0.3 is 10.6 Å². The van der Waals surface area contributed by atoms with Gasteiger partial charge in [-0.15, -0.1) is 0 Å². The molecule has 2 aliphatic heterocycles. The number of nitrogens with one attached hydrogen (secondary N) is 2. The van der Waals surface area contributed by atoms with E-state index in [0.717, 1.165) is 12.0 Å². The monoisotopic (exact) mass is 112 g/mol. The molecule has 2 heterocycles. The summed E-state index contributed by atoms with van der Waals surface area (Å²) in [5.74, 6) is 0.954. The molecule has 8 heavy (non-hydrogen) atoms. The molecule has 0 radical (unpaired) electrons. The third kappa shape index (κ3) is 0.565. The minimum atomic E-state index is 0.815. The third-order valence-corrected chi connectivity index (χ3v) is 2.26. The van der Waals surface area contributed by atoms with Crippen molar-refractivity contribution in [3.8, 4) is 0 Å². The lowest BCUT2D eigenvalue weighted by molar-refractivity contribution is 0.555. The molecule has 0 bridgehead atoms. The first-order valence-electron chi connectivity index (χ1n) is 3.41. The maximum Gasteiger partial charge on any atom is 0.0233 e. The first-order valence-corrected chi connectivity index (χ1v) is 3.41. The molecular formula is C6H12N2. The molecule has 0 saturated carbocycles. The van der Waals surface area contributed by atoms with E-state index in [9.17, 15) is 0 Å². The molecule has 0 aliphatic carbocycles. The molecule has 2 nitrogen and oxygen atoms in total. The summed E-state index contributed by atoms with van der Waals surface area (Å²) in [4.78, 5) is 0. The zero-order chi connectivity index (χ0) is 5.40. The zero-order valence-corrected chi connectivity index (χ0v) is 4.98. The summed E-state index contributed by atoms with van der Waals surface area (Å²) in [6.07, 6.45) is 1.39. The van der Waals surface area contributed by atoms with Gasteiger partial charge in [0.05, 0.1) is 0 Å². The molecule has 2 unspecified atom stereocenters. The highest BCUT2D eigenvalue weighted by Gasteiger charge is 2.30. The Morgan fingerprint density at radius 3 is 3.12 bits per heavy atom. The Hall–Kier alpha value is -0.0800. The number of rotatable bonds is 0. The fourth-order valence-corrected chi connectivity index (χ4v) is 1.73. The Labute approximate surface area is 49.7 Å². The highest BCUT2D eigenvalue weighted by atomic mass is 15.1. The number of hydrogen-bond donors (Lipinski definition) is 2. The largest absolute Gasteiger partial charge is 0.315 e. The van der Waals surface area contributed by atoms with Crippen molar-refractivity contribution in [3.05, 3.63) is 0 Å². The van der Waals surface area contributed by atoms with Crippen LogP contribution in [0, 0.1) is 5.92 Å². The number of fused-ring (bicyclic) bond motifs is 1. The molecule has 2 fully saturated rings. The van der Waals surface area contributed by atoms with Crippen molar-refractivity contribution < 1.29 is 0 Å². The molecule has 2 aliphatic rings. The van der Waals surface area contributed by atoms with Crippen molar-refractivity contribution in [1.82, 2.24) is 10.6 Å². The van der Waals surface area contributed by atoms with E-state index >= 15 is 0 Å². The lowest BCUT2D eigenvalue weighted by Crippen LogP contribution is -2.27. The quantitative estimate of drug-likeness (QED) is 0.444. The second-order valence-electron chi connectivity index (χ2n) is 2.77. The van der Waals surface area contributed by atoms with Crippen molar-refractivity contribution in [3.63, 3.8) is 0 Å². The van der Waals surface area contributed by atoms with Gasteiger partial charge in [-0.3, -0.25) is 0 Å². The highest BCUT2D eigenvalue weighted by Crippen LogP contribution is 2.17. The fraction of sp³-hybridized carbons (Fsp3) is 1.00. The van der Waals surface area contributed by atoms with Gasteiger partial charge in [-0.25, -0.2) is 0 Å². The molecule has 2 N–H and O–H groups in total. The smallest absolute Gasteiger partial charge is 0.0233 e. The first-order chi connectivity index (χ1) is 3.97. The lowest BCUT2D eigenvalue weighted by atomic mass is 10.1. The molecule has 0 aromatic rings. The molecule has 2 heteroatoms. The van der Waals surface area contributed by atoms with E-state index in [1.807, 2.05) is 0 Å². The Kier molecular flexibility index (Phi) is 1.02. The van der Waals surface area contributed by atoms with E-state index in [-0.39, 0.29) is 0 Å². The maximum atomic E-state index is 3.46. The van der Waals surface area contributed by atoms with Crippen LogP contribution < -0.4 is 10.6 Å². The van der Waals surface area contributed by atoms with E-state index in [1.165, 1.54) is 26.1 Å². The van der Waals surface area contributed by atoms with Crippen molar-refractivity contribution in [2.24, 2.45) is 5.92 Å². The molecular weight excluding hydrogens is 100 g/mol. The normalized spacial score (nSPS) is 45.0. The first kappa shape index (κ1) is 4.77. The van der Waals surface area contributed by atoms with Gasteiger partial charge in [0.15, 0.2) is 0 Å². The van der Waals surface area contributed by atoms with Gasteiger partial charge in [-0.2, -0.15) is 0 Å². The number of hydrogen-bond acceptors (Lipinski definition) is 2. The zero-order valence-electron chi connectivity index (χ0n) is 4.98. The van der Waals surface area contributed by atoms with Gasteiger partial charge >= 0.3 is 0 Å². The minimum absolute atomic E-state index is 0.815. The Morgan fingerprint density at radius 2 is 2.25 bits per heavy atom. The summed E-state index contributed by atoms with van der Waals surface area (Å²) in [6.45, 7) is 3.69. The average Bonchev–Trinajstić information content (AvgIpc) is 2.15. The van der Waals surface area contributed by atoms with Crippen LogP contribution in [0.3, 0.4) is 0 Å². The Balaban J connectivity index is 2.04. The lowest BCUT2D eigenvalue weighted by Gasteiger charge is -2.03. The van der Waals surface area contributed by atoms with Crippen LogP contribution in [0.25, 0.3) is 0 Å². The topological polar surface area (TPSA) is 24.1 Å². The van der Waals surface area contributed by atoms with E-state index in [1.54, 1.807) is 0 Å². The van der Waals surface area contributed by atoms with Crippen LogP contribution in [0.1, 0.15) is 6.42 Å². The second kappa shape index (κ2) is 1.71.